The fourth-order valence-corrected chi connectivity index (χ4v) is 2.43. The summed E-state index contributed by atoms with van der Waals surface area (Å²) in [6.07, 6.45) is 3.98. The molecule has 7 nitrogen and oxygen atoms in total. The number of nitrogens with two attached hydrogens (primary N) is 1. The van der Waals surface area contributed by atoms with Crippen LogP contribution in [-0.2, 0) is 7.05 Å². The molecule has 7 heteroatoms. The Morgan fingerprint density at radius 3 is 2.72 bits per heavy atom. The molecule has 0 aromatic carbocycles. The highest BCUT2D eigenvalue weighted by molar-refractivity contribution is 5.45. The van der Waals surface area contributed by atoms with Crippen molar-refractivity contribution in [2.75, 3.05) is 6.61 Å². The molecule has 1 heterocycles. The highest BCUT2D eigenvalue weighted by Gasteiger charge is 2.33. The fraction of sp³-hybridized carbons (Fsp3) is 0.727. The van der Waals surface area contributed by atoms with E-state index in [1.54, 1.807) is 14.0 Å². The van der Waals surface area contributed by atoms with Gasteiger partial charge in [0.05, 0.1) is 10.5 Å². The summed E-state index contributed by atoms with van der Waals surface area (Å²) in [4.78, 5) is 10.5. The van der Waals surface area contributed by atoms with Crippen LogP contribution < -0.4 is 10.5 Å². The maximum absolute atomic E-state index is 11.0. The Balaban J connectivity index is 2.16. The van der Waals surface area contributed by atoms with Gasteiger partial charge in [-0.2, -0.15) is 5.10 Å². The minimum atomic E-state index is -0.463. The molecule has 1 fully saturated rings. The molecule has 1 aliphatic carbocycles. The van der Waals surface area contributed by atoms with Gasteiger partial charge in [0.1, 0.15) is 12.3 Å². The Kier molecular flexibility index (Phi) is 3.25. The summed E-state index contributed by atoms with van der Waals surface area (Å²) in [5, 5.41) is 15.0. The van der Waals surface area contributed by atoms with Crippen LogP contribution in [0.2, 0.25) is 0 Å². The molecule has 1 saturated carbocycles. The van der Waals surface area contributed by atoms with Crippen LogP contribution >= 0.6 is 0 Å². The SMILES string of the molecule is Cc1nn(C)c(OCC2(N)CCCC2)c1[N+](=O)[O-]. The summed E-state index contributed by atoms with van der Waals surface area (Å²) in [7, 11) is 1.63. The van der Waals surface area contributed by atoms with Gasteiger partial charge in [-0.05, 0) is 19.8 Å². The standard InChI is InChI=1S/C11H18N4O3/c1-8-9(15(16)17)10(14(2)13-8)18-7-11(12)5-3-4-6-11/h3-7,12H2,1-2H3. The van der Waals surface area contributed by atoms with Crippen molar-refractivity contribution in [3.05, 3.63) is 15.8 Å². The first-order chi connectivity index (χ1) is 8.43. The predicted octanol–water partition coefficient (Wildman–Crippen LogP) is 1.29. The van der Waals surface area contributed by atoms with E-state index in [1.807, 2.05) is 0 Å². The van der Waals surface area contributed by atoms with Crippen molar-refractivity contribution in [1.29, 1.82) is 0 Å². The van der Waals surface area contributed by atoms with E-state index in [0.29, 0.717) is 12.3 Å². The van der Waals surface area contributed by atoms with Gasteiger partial charge < -0.3 is 10.5 Å². The first-order valence-corrected chi connectivity index (χ1v) is 6.03. The van der Waals surface area contributed by atoms with Gasteiger partial charge in [-0.25, -0.2) is 4.68 Å². The normalized spacial score (nSPS) is 17.9. The van der Waals surface area contributed by atoms with Crippen LogP contribution in [0, 0.1) is 17.0 Å². The summed E-state index contributed by atoms with van der Waals surface area (Å²) in [6, 6.07) is 0. The Morgan fingerprint density at radius 1 is 1.56 bits per heavy atom. The average molecular weight is 254 g/mol. The average Bonchev–Trinajstić information content (AvgIpc) is 2.81. The van der Waals surface area contributed by atoms with Crippen molar-refractivity contribution in [3.8, 4) is 5.88 Å². The quantitative estimate of drug-likeness (QED) is 0.645. The third-order valence-corrected chi connectivity index (χ3v) is 3.42. The molecule has 1 aromatic heterocycles. The lowest BCUT2D eigenvalue weighted by molar-refractivity contribution is -0.386. The first-order valence-electron chi connectivity index (χ1n) is 6.03. The summed E-state index contributed by atoms with van der Waals surface area (Å²) in [5.74, 6) is 0.189. The van der Waals surface area contributed by atoms with Crippen molar-refractivity contribution in [3.63, 3.8) is 0 Å². The lowest BCUT2D eigenvalue weighted by Gasteiger charge is -2.23. The number of aryl methyl sites for hydroxylation is 2. The van der Waals surface area contributed by atoms with Crippen molar-refractivity contribution < 1.29 is 9.66 Å². The van der Waals surface area contributed by atoms with Crippen molar-refractivity contribution in [1.82, 2.24) is 9.78 Å². The molecule has 0 saturated heterocycles. The molecule has 0 radical (unpaired) electrons. The minimum Gasteiger partial charge on any atom is -0.471 e. The smallest absolute Gasteiger partial charge is 0.353 e. The third kappa shape index (κ3) is 2.31. The van der Waals surface area contributed by atoms with E-state index in [0.717, 1.165) is 25.7 Å². The van der Waals surface area contributed by atoms with E-state index in [1.165, 1.54) is 4.68 Å². The second kappa shape index (κ2) is 4.56. The summed E-state index contributed by atoms with van der Waals surface area (Å²) in [6.45, 7) is 1.89. The Morgan fingerprint density at radius 2 is 2.17 bits per heavy atom. The van der Waals surface area contributed by atoms with Gasteiger partial charge in [-0.3, -0.25) is 10.1 Å². The van der Waals surface area contributed by atoms with Gasteiger partial charge in [0, 0.05) is 7.05 Å². The van der Waals surface area contributed by atoms with Crippen LogP contribution in [0.5, 0.6) is 5.88 Å². The van der Waals surface area contributed by atoms with Crippen LogP contribution in [0.3, 0.4) is 0 Å². The van der Waals surface area contributed by atoms with Gasteiger partial charge in [-0.15, -0.1) is 0 Å². The van der Waals surface area contributed by atoms with Crippen molar-refractivity contribution in [2.45, 2.75) is 38.1 Å². The van der Waals surface area contributed by atoms with Crippen molar-refractivity contribution in [2.24, 2.45) is 12.8 Å². The molecule has 2 rings (SSSR count). The van der Waals surface area contributed by atoms with Gasteiger partial charge >= 0.3 is 5.69 Å². The van der Waals surface area contributed by atoms with Gasteiger partial charge in [0.15, 0.2) is 0 Å². The van der Waals surface area contributed by atoms with Crippen LogP contribution in [0.15, 0.2) is 0 Å². The Labute approximate surface area is 105 Å². The van der Waals surface area contributed by atoms with Gasteiger partial charge in [-0.1, -0.05) is 12.8 Å². The largest absolute Gasteiger partial charge is 0.471 e. The van der Waals surface area contributed by atoms with E-state index in [2.05, 4.69) is 5.10 Å². The lowest BCUT2D eigenvalue weighted by Crippen LogP contribution is -2.42. The Hall–Kier alpha value is -1.63. The monoisotopic (exact) mass is 254 g/mol. The fourth-order valence-electron chi connectivity index (χ4n) is 2.43. The number of hydrogen-bond acceptors (Lipinski definition) is 5. The zero-order valence-corrected chi connectivity index (χ0v) is 10.7. The van der Waals surface area contributed by atoms with E-state index in [9.17, 15) is 10.1 Å². The molecule has 2 N–H and O–H groups in total. The highest BCUT2D eigenvalue weighted by atomic mass is 16.6. The van der Waals surface area contributed by atoms with E-state index < -0.39 is 4.92 Å². The van der Waals surface area contributed by atoms with E-state index in [4.69, 9.17) is 10.5 Å². The second-order valence-electron chi connectivity index (χ2n) is 4.98. The maximum atomic E-state index is 11.0. The molecule has 0 unspecified atom stereocenters. The number of hydrogen-bond donors (Lipinski definition) is 1. The third-order valence-electron chi connectivity index (χ3n) is 3.42. The van der Waals surface area contributed by atoms with E-state index >= 15 is 0 Å². The number of nitro groups is 1. The molecule has 0 spiro atoms. The molecule has 100 valence electrons. The van der Waals surface area contributed by atoms with Gasteiger partial charge in [0.2, 0.25) is 0 Å². The second-order valence-corrected chi connectivity index (χ2v) is 4.98. The summed E-state index contributed by atoms with van der Waals surface area (Å²) < 4.78 is 6.97. The lowest BCUT2D eigenvalue weighted by atomic mass is 10.0. The number of nitrogens with zero attached hydrogens (tertiary/aromatic N) is 3. The van der Waals surface area contributed by atoms with Crippen LogP contribution in [-0.4, -0.2) is 26.8 Å². The van der Waals surface area contributed by atoms with Crippen LogP contribution in [0.25, 0.3) is 0 Å². The van der Waals surface area contributed by atoms with Crippen LogP contribution in [0.1, 0.15) is 31.4 Å². The van der Waals surface area contributed by atoms with Crippen molar-refractivity contribution >= 4 is 5.69 Å². The molecule has 1 aliphatic rings. The predicted molar refractivity (Wildman–Crippen MR) is 65.5 cm³/mol. The van der Waals surface area contributed by atoms with E-state index in [-0.39, 0.29) is 17.1 Å². The van der Waals surface area contributed by atoms with Gasteiger partial charge in [0.25, 0.3) is 5.88 Å². The zero-order valence-electron chi connectivity index (χ0n) is 10.7. The Bertz CT molecular complexity index is 463. The molecular formula is C11H18N4O3. The number of aromatic nitrogens is 2. The highest BCUT2D eigenvalue weighted by Crippen LogP contribution is 2.32. The molecule has 18 heavy (non-hydrogen) atoms. The summed E-state index contributed by atoms with van der Waals surface area (Å²) in [5.41, 5.74) is 6.10. The maximum Gasteiger partial charge on any atom is 0.353 e. The topological polar surface area (TPSA) is 96.2 Å². The molecule has 0 amide bonds. The molecule has 0 aliphatic heterocycles. The summed E-state index contributed by atoms with van der Waals surface area (Å²) >= 11 is 0. The molecule has 0 atom stereocenters. The first kappa shape index (κ1) is 12.8. The molecular weight excluding hydrogens is 236 g/mol. The molecule has 1 aromatic rings. The zero-order chi connectivity index (χ0) is 13.3. The van der Waals surface area contributed by atoms with Crippen LogP contribution in [0.4, 0.5) is 5.69 Å². The number of ether oxygens (including phenoxy) is 1. The minimum absolute atomic E-state index is 0.0703. The molecule has 0 bridgehead atoms. The number of rotatable bonds is 4.